The number of nitrogens with one attached hydrogen (secondary N) is 1. The normalized spacial score (nSPS) is 25.6. The van der Waals surface area contributed by atoms with Crippen LogP contribution in [0.2, 0.25) is 0 Å². The van der Waals surface area contributed by atoms with Gasteiger partial charge < -0.3 is 10.1 Å². The van der Waals surface area contributed by atoms with Crippen molar-refractivity contribution in [2.24, 2.45) is 11.3 Å². The Morgan fingerprint density at radius 2 is 2.12 bits per heavy atom. The average Bonchev–Trinajstić information content (AvgIpc) is 2.35. The number of rotatable bonds is 5. The number of hydrogen-bond donors (Lipinski definition) is 1. The minimum atomic E-state index is -0.423. The summed E-state index contributed by atoms with van der Waals surface area (Å²) in [6, 6.07) is 0.581. The van der Waals surface area contributed by atoms with E-state index in [1.807, 2.05) is 13.8 Å². The third kappa shape index (κ3) is 4.30. The van der Waals surface area contributed by atoms with Crippen LogP contribution < -0.4 is 5.32 Å². The molecular weight excluding hydrogens is 214 g/mol. The van der Waals surface area contributed by atoms with Gasteiger partial charge in [-0.15, -0.1) is 0 Å². The van der Waals surface area contributed by atoms with Crippen molar-refractivity contribution in [2.45, 2.75) is 58.9 Å². The number of esters is 1. The second kappa shape index (κ2) is 6.39. The molecule has 1 aliphatic rings. The van der Waals surface area contributed by atoms with E-state index in [1.165, 1.54) is 39.2 Å². The molecule has 0 bridgehead atoms. The number of ether oxygens (including phenoxy) is 1. The summed E-state index contributed by atoms with van der Waals surface area (Å²) in [6.45, 7) is 6.85. The lowest BCUT2D eigenvalue weighted by Gasteiger charge is -2.32. The Balaban J connectivity index is 2.37. The molecule has 0 aromatic rings. The largest absolute Gasteiger partial charge is 0.469 e. The zero-order valence-corrected chi connectivity index (χ0v) is 11.7. The van der Waals surface area contributed by atoms with Gasteiger partial charge in [-0.3, -0.25) is 4.79 Å². The topological polar surface area (TPSA) is 38.3 Å². The molecule has 3 heteroatoms. The monoisotopic (exact) mass is 241 g/mol. The molecule has 100 valence electrons. The summed E-state index contributed by atoms with van der Waals surface area (Å²) in [5, 5.41) is 3.54. The van der Waals surface area contributed by atoms with Crippen LogP contribution >= 0.6 is 0 Å². The SMILES string of the molecule is CCC1CCCC(NCC(C)(C)C(=O)OC)C1. The second-order valence-corrected chi connectivity index (χ2v) is 5.89. The van der Waals surface area contributed by atoms with Crippen molar-refractivity contribution in [3.05, 3.63) is 0 Å². The van der Waals surface area contributed by atoms with Crippen LogP contribution in [0.25, 0.3) is 0 Å². The smallest absolute Gasteiger partial charge is 0.312 e. The van der Waals surface area contributed by atoms with Gasteiger partial charge in [0.2, 0.25) is 0 Å². The lowest BCUT2D eigenvalue weighted by atomic mass is 9.83. The van der Waals surface area contributed by atoms with Crippen LogP contribution in [0.15, 0.2) is 0 Å². The Hall–Kier alpha value is -0.570. The zero-order valence-electron chi connectivity index (χ0n) is 11.7. The minimum absolute atomic E-state index is 0.132. The highest BCUT2D eigenvalue weighted by atomic mass is 16.5. The van der Waals surface area contributed by atoms with Gasteiger partial charge in [0.05, 0.1) is 12.5 Å². The molecule has 0 aromatic carbocycles. The quantitative estimate of drug-likeness (QED) is 0.752. The first kappa shape index (κ1) is 14.5. The first-order valence-electron chi connectivity index (χ1n) is 6.81. The Bertz CT molecular complexity index is 251. The number of hydrogen-bond acceptors (Lipinski definition) is 3. The molecule has 0 amide bonds. The van der Waals surface area contributed by atoms with Crippen LogP contribution in [0, 0.1) is 11.3 Å². The molecule has 17 heavy (non-hydrogen) atoms. The summed E-state index contributed by atoms with van der Waals surface area (Å²) >= 11 is 0. The summed E-state index contributed by atoms with van der Waals surface area (Å²) in [7, 11) is 1.46. The van der Waals surface area contributed by atoms with Gasteiger partial charge in [0.15, 0.2) is 0 Å². The molecule has 3 nitrogen and oxygen atoms in total. The molecule has 0 saturated heterocycles. The first-order valence-corrected chi connectivity index (χ1v) is 6.81. The van der Waals surface area contributed by atoms with E-state index in [0.717, 1.165) is 5.92 Å². The lowest BCUT2D eigenvalue weighted by molar-refractivity contribution is -0.150. The summed E-state index contributed by atoms with van der Waals surface area (Å²) < 4.78 is 4.82. The molecule has 0 spiro atoms. The predicted octanol–water partition coefficient (Wildman–Crippen LogP) is 2.74. The molecule has 1 N–H and O–H groups in total. The van der Waals surface area contributed by atoms with Crippen molar-refractivity contribution in [1.29, 1.82) is 0 Å². The number of carbonyl (C=O) groups is 1. The molecule has 2 unspecified atom stereocenters. The van der Waals surface area contributed by atoms with Crippen LogP contribution in [0.4, 0.5) is 0 Å². The van der Waals surface area contributed by atoms with E-state index in [-0.39, 0.29) is 5.97 Å². The third-order valence-corrected chi connectivity index (χ3v) is 3.93. The standard InChI is InChI=1S/C14H27NO2/c1-5-11-7-6-8-12(9-11)15-10-14(2,3)13(16)17-4/h11-12,15H,5-10H2,1-4H3. The number of carbonyl (C=O) groups excluding carboxylic acids is 1. The maximum Gasteiger partial charge on any atom is 0.312 e. The van der Waals surface area contributed by atoms with E-state index in [2.05, 4.69) is 12.2 Å². The fourth-order valence-electron chi connectivity index (χ4n) is 2.60. The maximum absolute atomic E-state index is 11.6. The van der Waals surface area contributed by atoms with Gasteiger partial charge in [-0.1, -0.05) is 26.2 Å². The fraction of sp³-hybridized carbons (Fsp3) is 0.929. The third-order valence-electron chi connectivity index (χ3n) is 3.93. The highest BCUT2D eigenvalue weighted by Crippen LogP contribution is 2.27. The van der Waals surface area contributed by atoms with E-state index < -0.39 is 5.41 Å². The Morgan fingerprint density at radius 1 is 1.41 bits per heavy atom. The highest BCUT2D eigenvalue weighted by Gasteiger charge is 2.30. The minimum Gasteiger partial charge on any atom is -0.469 e. The van der Waals surface area contributed by atoms with E-state index in [1.54, 1.807) is 0 Å². The lowest BCUT2D eigenvalue weighted by Crippen LogP contribution is -2.43. The molecule has 1 fully saturated rings. The van der Waals surface area contributed by atoms with Gasteiger partial charge in [-0.2, -0.15) is 0 Å². The van der Waals surface area contributed by atoms with Crippen LogP contribution in [0.1, 0.15) is 52.9 Å². The van der Waals surface area contributed by atoms with Crippen molar-refractivity contribution >= 4 is 5.97 Å². The van der Waals surface area contributed by atoms with Gasteiger partial charge in [0.25, 0.3) is 0 Å². The molecule has 0 radical (unpaired) electrons. The zero-order chi connectivity index (χ0) is 12.9. The summed E-state index contributed by atoms with van der Waals surface area (Å²) in [5.41, 5.74) is -0.423. The van der Waals surface area contributed by atoms with Crippen LogP contribution in [0.3, 0.4) is 0 Å². The molecule has 1 aliphatic carbocycles. The van der Waals surface area contributed by atoms with Gasteiger partial charge in [0, 0.05) is 12.6 Å². The Labute approximate surface area is 105 Å². The van der Waals surface area contributed by atoms with Gasteiger partial charge in [-0.25, -0.2) is 0 Å². The number of methoxy groups -OCH3 is 1. The van der Waals surface area contributed by atoms with Crippen molar-refractivity contribution < 1.29 is 9.53 Å². The van der Waals surface area contributed by atoms with E-state index >= 15 is 0 Å². The first-order chi connectivity index (χ1) is 7.99. The van der Waals surface area contributed by atoms with E-state index in [4.69, 9.17) is 4.74 Å². The Kier molecular flexibility index (Phi) is 5.44. The molecule has 0 aliphatic heterocycles. The second-order valence-electron chi connectivity index (χ2n) is 5.89. The van der Waals surface area contributed by atoms with Crippen LogP contribution in [-0.4, -0.2) is 25.7 Å². The van der Waals surface area contributed by atoms with Gasteiger partial charge in [0.1, 0.15) is 0 Å². The van der Waals surface area contributed by atoms with Crippen molar-refractivity contribution in [3.63, 3.8) is 0 Å². The highest BCUT2D eigenvalue weighted by molar-refractivity contribution is 5.76. The summed E-state index contributed by atoms with van der Waals surface area (Å²) in [5.74, 6) is 0.732. The predicted molar refractivity (Wildman–Crippen MR) is 69.8 cm³/mol. The molecular formula is C14H27NO2. The summed E-state index contributed by atoms with van der Waals surface area (Å²) in [6.07, 6.45) is 6.46. The molecule has 0 aromatic heterocycles. The van der Waals surface area contributed by atoms with Gasteiger partial charge in [-0.05, 0) is 32.6 Å². The van der Waals surface area contributed by atoms with Crippen LogP contribution in [0.5, 0.6) is 0 Å². The molecule has 1 rings (SSSR count). The van der Waals surface area contributed by atoms with Crippen molar-refractivity contribution in [1.82, 2.24) is 5.32 Å². The van der Waals surface area contributed by atoms with Crippen molar-refractivity contribution in [3.8, 4) is 0 Å². The van der Waals surface area contributed by atoms with E-state index in [9.17, 15) is 4.79 Å². The van der Waals surface area contributed by atoms with E-state index in [0.29, 0.717) is 12.6 Å². The Morgan fingerprint density at radius 3 is 2.71 bits per heavy atom. The summed E-state index contributed by atoms with van der Waals surface area (Å²) in [4.78, 5) is 11.6. The van der Waals surface area contributed by atoms with Gasteiger partial charge >= 0.3 is 5.97 Å². The molecule has 1 saturated carbocycles. The molecule has 0 heterocycles. The maximum atomic E-state index is 11.6. The van der Waals surface area contributed by atoms with Crippen LogP contribution in [-0.2, 0) is 9.53 Å². The fourth-order valence-corrected chi connectivity index (χ4v) is 2.60. The van der Waals surface area contributed by atoms with Crippen molar-refractivity contribution in [2.75, 3.05) is 13.7 Å². The average molecular weight is 241 g/mol. The molecule has 2 atom stereocenters.